The third kappa shape index (κ3) is 14.1. The van der Waals surface area contributed by atoms with Gasteiger partial charge in [-0.15, -0.1) is 0 Å². The summed E-state index contributed by atoms with van der Waals surface area (Å²) in [5, 5.41) is 20.0. The van der Waals surface area contributed by atoms with Crippen molar-refractivity contribution in [2.24, 2.45) is 0 Å². The fourth-order valence-electron chi connectivity index (χ4n) is 0.915. The van der Waals surface area contributed by atoms with Gasteiger partial charge in [-0.05, 0) is 0 Å². The van der Waals surface area contributed by atoms with Crippen LogP contribution >= 0.6 is 0 Å². The first kappa shape index (κ1) is 14.7. The van der Waals surface area contributed by atoms with E-state index in [0.717, 1.165) is 12.8 Å². The Morgan fingerprint density at radius 2 is 1.55 bits per heavy atom. The molecule has 11 heavy (non-hydrogen) atoms. The Hall–Kier alpha value is 1.18. The second-order valence-electron chi connectivity index (χ2n) is 2.63. The Kier molecular flexibility index (Phi) is 14.9. The molecule has 0 saturated carbocycles. The van der Waals surface area contributed by atoms with E-state index in [9.17, 15) is 10.2 Å². The van der Waals surface area contributed by atoms with Crippen molar-refractivity contribution in [3.8, 4) is 0 Å². The minimum atomic E-state index is -1.60. The molecule has 0 amide bonds. The van der Waals surface area contributed by atoms with E-state index < -0.39 is 6.29 Å². The Labute approximate surface area is 99.0 Å². The zero-order valence-electron chi connectivity index (χ0n) is 7.34. The summed E-state index contributed by atoms with van der Waals surface area (Å²) in [5.74, 6) is 0. The van der Waals surface area contributed by atoms with E-state index in [1.165, 1.54) is 19.3 Å². The molecule has 0 aliphatic heterocycles. The van der Waals surface area contributed by atoms with Gasteiger partial charge >= 0.3 is 37.7 Å². The first-order valence-corrected chi connectivity index (χ1v) is 4.09. The van der Waals surface area contributed by atoms with Gasteiger partial charge in [0, 0.05) is 0 Å². The van der Waals surface area contributed by atoms with Crippen molar-refractivity contribution in [1.29, 1.82) is 0 Å². The van der Waals surface area contributed by atoms with E-state index in [1.54, 1.807) is 0 Å². The predicted octanol–water partition coefficient (Wildman–Crippen LogP) is 0.0128. The molecular formula is C8H16CaO2. The van der Waals surface area contributed by atoms with E-state index >= 15 is 0 Å². The van der Waals surface area contributed by atoms with E-state index in [-0.39, 0.29) is 37.7 Å². The molecule has 0 radical (unpaired) electrons. The summed E-state index contributed by atoms with van der Waals surface area (Å²) in [6, 6.07) is 0. The Balaban J connectivity index is 0. The number of unbranched alkanes of at least 4 members (excludes halogenated alkanes) is 4. The SMILES string of the molecule is CCCCCCCC([O-])[O-].[Ca+2]. The molecule has 0 spiro atoms. The van der Waals surface area contributed by atoms with Gasteiger partial charge in [0.25, 0.3) is 0 Å². The van der Waals surface area contributed by atoms with Gasteiger partial charge in [-0.1, -0.05) is 45.4 Å². The second-order valence-corrected chi connectivity index (χ2v) is 2.63. The smallest absolute Gasteiger partial charge is 0.865 e. The van der Waals surface area contributed by atoms with Gasteiger partial charge in [0.2, 0.25) is 0 Å². The van der Waals surface area contributed by atoms with Crippen LogP contribution < -0.4 is 10.2 Å². The van der Waals surface area contributed by atoms with Gasteiger partial charge < -0.3 is 10.2 Å². The molecule has 0 aromatic heterocycles. The maximum absolute atomic E-state index is 10.0. The maximum Gasteiger partial charge on any atom is 2.00 e. The monoisotopic (exact) mass is 184 g/mol. The summed E-state index contributed by atoms with van der Waals surface area (Å²) in [5.41, 5.74) is 0. The molecular weight excluding hydrogens is 168 g/mol. The molecule has 0 aromatic carbocycles. The van der Waals surface area contributed by atoms with Crippen LogP contribution in [0.2, 0.25) is 0 Å². The third-order valence-corrected chi connectivity index (χ3v) is 1.54. The van der Waals surface area contributed by atoms with Crippen molar-refractivity contribution >= 4 is 37.7 Å². The molecule has 0 aliphatic carbocycles. The first-order chi connectivity index (χ1) is 4.77. The summed E-state index contributed by atoms with van der Waals surface area (Å²) in [7, 11) is 0. The van der Waals surface area contributed by atoms with Crippen molar-refractivity contribution in [1.82, 2.24) is 0 Å². The van der Waals surface area contributed by atoms with Crippen LogP contribution in [0.25, 0.3) is 0 Å². The predicted molar refractivity (Wildman–Crippen MR) is 42.9 cm³/mol. The molecule has 0 rings (SSSR count). The first-order valence-electron chi connectivity index (χ1n) is 4.09. The molecule has 3 heteroatoms. The van der Waals surface area contributed by atoms with Crippen LogP contribution in [0.5, 0.6) is 0 Å². The van der Waals surface area contributed by atoms with Gasteiger partial charge in [0.1, 0.15) is 0 Å². The van der Waals surface area contributed by atoms with Crippen LogP contribution in [-0.4, -0.2) is 44.0 Å². The molecule has 0 saturated heterocycles. The molecule has 0 fully saturated rings. The van der Waals surface area contributed by atoms with Crippen molar-refractivity contribution in [3.63, 3.8) is 0 Å². The fourth-order valence-corrected chi connectivity index (χ4v) is 0.915. The summed E-state index contributed by atoms with van der Waals surface area (Å²) >= 11 is 0. The zero-order chi connectivity index (χ0) is 7.82. The van der Waals surface area contributed by atoms with Crippen molar-refractivity contribution in [3.05, 3.63) is 0 Å². The normalized spacial score (nSPS) is 9.82. The van der Waals surface area contributed by atoms with Gasteiger partial charge in [-0.25, -0.2) is 6.29 Å². The minimum Gasteiger partial charge on any atom is -0.865 e. The van der Waals surface area contributed by atoms with E-state index in [4.69, 9.17) is 0 Å². The fraction of sp³-hybridized carbons (Fsp3) is 1.00. The van der Waals surface area contributed by atoms with Crippen molar-refractivity contribution in [2.45, 2.75) is 51.7 Å². The van der Waals surface area contributed by atoms with Crippen LogP contribution in [0.15, 0.2) is 0 Å². The second kappa shape index (κ2) is 11.2. The Morgan fingerprint density at radius 3 is 2.00 bits per heavy atom. The maximum atomic E-state index is 10.0. The quantitative estimate of drug-likeness (QED) is 0.332. The zero-order valence-corrected chi connectivity index (χ0v) is 9.55. The minimum absolute atomic E-state index is 0. The Morgan fingerprint density at radius 1 is 1.00 bits per heavy atom. The van der Waals surface area contributed by atoms with Gasteiger partial charge in [-0.2, -0.15) is 0 Å². The average molecular weight is 184 g/mol. The van der Waals surface area contributed by atoms with E-state index in [2.05, 4.69) is 6.92 Å². The van der Waals surface area contributed by atoms with E-state index in [0.29, 0.717) is 6.42 Å². The summed E-state index contributed by atoms with van der Waals surface area (Å²) in [6.45, 7) is 2.14. The topological polar surface area (TPSA) is 46.1 Å². The Bertz CT molecular complexity index is 67.1. The average Bonchev–Trinajstić information content (AvgIpc) is 1.87. The van der Waals surface area contributed by atoms with Crippen LogP contribution in [0.4, 0.5) is 0 Å². The molecule has 62 valence electrons. The molecule has 0 aliphatic rings. The molecule has 0 heterocycles. The third-order valence-electron chi connectivity index (χ3n) is 1.54. The number of hydrogen-bond acceptors (Lipinski definition) is 2. The molecule has 0 aromatic rings. The van der Waals surface area contributed by atoms with Crippen LogP contribution in [0.1, 0.15) is 45.4 Å². The summed E-state index contributed by atoms with van der Waals surface area (Å²) in [6.07, 6.45) is 4.18. The molecule has 0 bridgehead atoms. The molecule has 0 unspecified atom stereocenters. The molecule has 2 nitrogen and oxygen atoms in total. The molecule has 0 atom stereocenters. The molecule has 0 N–H and O–H groups in total. The number of rotatable bonds is 6. The standard InChI is InChI=1S/C8H16O2.Ca/c1-2-3-4-5-6-7-8(9)10;/h8H,2-7H2,1H3;/q-2;+2. The number of hydrogen-bond donors (Lipinski definition) is 0. The van der Waals surface area contributed by atoms with Crippen molar-refractivity contribution in [2.75, 3.05) is 0 Å². The largest absolute Gasteiger partial charge is 2.00 e. The van der Waals surface area contributed by atoms with E-state index in [1.807, 2.05) is 0 Å². The van der Waals surface area contributed by atoms with Gasteiger partial charge in [0.05, 0.1) is 0 Å². The van der Waals surface area contributed by atoms with Crippen LogP contribution in [0, 0.1) is 0 Å². The summed E-state index contributed by atoms with van der Waals surface area (Å²) < 4.78 is 0. The van der Waals surface area contributed by atoms with Gasteiger partial charge in [0.15, 0.2) is 0 Å². The summed E-state index contributed by atoms with van der Waals surface area (Å²) in [4.78, 5) is 0. The van der Waals surface area contributed by atoms with Gasteiger partial charge in [-0.3, -0.25) is 0 Å². The van der Waals surface area contributed by atoms with Crippen LogP contribution in [-0.2, 0) is 0 Å². The van der Waals surface area contributed by atoms with Crippen molar-refractivity contribution < 1.29 is 10.2 Å². The van der Waals surface area contributed by atoms with Crippen LogP contribution in [0.3, 0.4) is 0 Å².